The summed E-state index contributed by atoms with van der Waals surface area (Å²) in [5.74, 6) is 0.659. The van der Waals surface area contributed by atoms with Crippen molar-refractivity contribution in [2.24, 2.45) is 23.7 Å². The zero-order chi connectivity index (χ0) is 13.6. The molecule has 4 nitrogen and oxygen atoms in total. The molecule has 6 unspecified atom stereocenters. The number of esters is 2. The van der Waals surface area contributed by atoms with Crippen LogP contribution in [0.1, 0.15) is 46.0 Å². The molecule has 2 saturated carbocycles. The lowest BCUT2D eigenvalue weighted by Gasteiger charge is -2.41. The summed E-state index contributed by atoms with van der Waals surface area (Å²) in [7, 11) is 0. The summed E-state index contributed by atoms with van der Waals surface area (Å²) in [6, 6.07) is 0. The highest BCUT2D eigenvalue weighted by Gasteiger charge is 2.51. The molecule has 2 aliphatic heterocycles. The molecule has 0 aromatic rings. The van der Waals surface area contributed by atoms with E-state index in [9.17, 15) is 9.59 Å². The first-order chi connectivity index (χ1) is 9.08. The Balaban J connectivity index is 1.76. The van der Waals surface area contributed by atoms with Crippen molar-refractivity contribution in [1.29, 1.82) is 0 Å². The van der Waals surface area contributed by atoms with Crippen molar-refractivity contribution in [2.45, 2.75) is 58.2 Å². The van der Waals surface area contributed by atoms with Gasteiger partial charge in [0.05, 0.1) is 11.8 Å². The quantitative estimate of drug-likeness (QED) is 0.736. The number of hydrogen-bond donors (Lipinski definition) is 0. The zero-order valence-electron chi connectivity index (χ0n) is 11.6. The lowest BCUT2D eigenvalue weighted by atomic mass is 9.67. The fourth-order valence-corrected chi connectivity index (χ4v) is 3.85. The molecule has 4 rings (SSSR count). The van der Waals surface area contributed by atoms with Crippen molar-refractivity contribution in [1.82, 2.24) is 0 Å². The predicted molar refractivity (Wildman–Crippen MR) is 68.2 cm³/mol. The number of ether oxygens (including phenoxy) is 2. The number of carbonyl (C=O) groups is 2. The van der Waals surface area contributed by atoms with E-state index in [0.29, 0.717) is 11.8 Å². The minimum Gasteiger partial charge on any atom is -0.458 e. The van der Waals surface area contributed by atoms with E-state index in [0.717, 1.165) is 32.1 Å². The van der Waals surface area contributed by atoms with Gasteiger partial charge in [-0.2, -0.15) is 0 Å². The van der Waals surface area contributed by atoms with Gasteiger partial charge < -0.3 is 9.47 Å². The van der Waals surface area contributed by atoms with E-state index in [4.69, 9.17) is 9.47 Å². The summed E-state index contributed by atoms with van der Waals surface area (Å²) in [4.78, 5) is 23.9. The molecule has 0 N–H and O–H groups in total. The largest absolute Gasteiger partial charge is 0.458 e. The van der Waals surface area contributed by atoms with Gasteiger partial charge in [0, 0.05) is 5.92 Å². The van der Waals surface area contributed by atoms with Crippen LogP contribution in [0.2, 0.25) is 0 Å². The molecule has 2 heterocycles. The molecule has 4 bridgehead atoms. The first-order valence-corrected chi connectivity index (χ1v) is 7.49. The number of rotatable bonds is 3. The molecule has 0 radical (unpaired) electrons. The lowest BCUT2D eigenvalue weighted by molar-refractivity contribution is -0.175. The van der Waals surface area contributed by atoms with Crippen LogP contribution in [0.25, 0.3) is 0 Å². The van der Waals surface area contributed by atoms with Crippen LogP contribution < -0.4 is 0 Å². The standard InChI is InChI=1S/C15H22O4/c1-3-8(2)14(16)19-13-10-4-9-5-11(7-10)15(17)18-12(13)6-9/h8-13H,3-7H2,1-2H3. The van der Waals surface area contributed by atoms with Gasteiger partial charge in [0.2, 0.25) is 0 Å². The molecule has 0 aromatic heterocycles. The van der Waals surface area contributed by atoms with Crippen molar-refractivity contribution >= 4 is 11.9 Å². The second-order valence-electron chi connectivity index (χ2n) is 6.45. The summed E-state index contributed by atoms with van der Waals surface area (Å²) in [6.45, 7) is 3.87. The average molecular weight is 266 g/mol. The van der Waals surface area contributed by atoms with Gasteiger partial charge in [0.25, 0.3) is 0 Å². The molecule has 2 aliphatic carbocycles. The summed E-state index contributed by atoms with van der Waals surface area (Å²) in [5.41, 5.74) is 0. The second kappa shape index (κ2) is 4.80. The Morgan fingerprint density at radius 3 is 2.89 bits per heavy atom. The third-order valence-corrected chi connectivity index (χ3v) is 5.11. The summed E-state index contributed by atoms with van der Waals surface area (Å²) < 4.78 is 11.2. The fourth-order valence-electron chi connectivity index (χ4n) is 3.85. The Hall–Kier alpha value is -1.06. The van der Waals surface area contributed by atoms with Crippen LogP contribution in [-0.4, -0.2) is 24.1 Å². The van der Waals surface area contributed by atoms with E-state index < -0.39 is 0 Å². The summed E-state index contributed by atoms with van der Waals surface area (Å²) in [5, 5.41) is 0. The Kier molecular flexibility index (Phi) is 3.27. The second-order valence-corrected chi connectivity index (χ2v) is 6.45. The van der Waals surface area contributed by atoms with Crippen molar-refractivity contribution in [3.63, 3.8) is 0 Å². The molecule has 19 heavy (non-hydrogen) atoms. The Morgan fingerprint density at radius 2 is 2.16 bits per heavy atom. The molecule has 4 heteroatoms. The van der Waals surface area contributed by atoms with Crippen LogP contribution >= 0.6 is 0 Å². The molecule has 0 spiro atoms. The van der Waals surface area contributed by atoms with E-state index in [1.165, 1.54) is 0 Å². The third kappa shape index (κ3) is 2.26. The van der Waals surface area contributed by atoms with Gasteiger partial charge in [-0.15, -0.1) is 0 Å². The van der Waals surface area contributed by atoms with Crippen LogP contribution in [-0.2, 0) is 19.1 Å². The van der Waals surface area contributed by atoms with Gasteiger partial charge in [-0.25, -0.2) is 0 Å². The SMILES string of the molecule is CCC(C)C(=O)OC1C2CC3CC(C2)C(=O)OC1C3. The molecular formula is C15H22O4. The van der Waals surface area contributed by atoms with E-state index in [1.807, 2.05) is 13.8 Å². The average Bonchev–Trinajstić information content (AvgIpc) is 2.55. The van der Waals surface area contributed by atoms with E-state index in [1.54, 1.807) is 0 Å². The maximum atomic E-state index is 12.0. The smallest absolute Gasteiger partial charge is 0.309 e. The monoisotopic (exact) mass is 266 g/mol. The number of hydrogen-bond acceptors (Lipinski definition) is 4. The zero-order valence-corrected chi connectivity index (χ0v) is 11.6. The minimum absolute atomic E-state index is 0.0426. The van der Waals surface area contributed by atoms with Crippen molar-refractivity contribution in [3.05, 3.63) is 0 Å². The highest BCUT2D eigenvalue weighted by atomic mass is 16.6. The van der Waals surface area contributed by atoms with Crippen molar-refractivity contribution in [3.8, 4) is 0 Å². The Bertz CT molecular complexity index is 392. The topological polar surface area (TPSA) is 52.6 Å². The van der Waals surface area contributed by atoms with Crippen LogP contribution in [0.3, 0.4) is 0 Å². The number of carbonyl (C=O) groups excluding carboxylic acids is 2. The van der Waals surface area contributed by atoms with Gasteiger partial charge in [0.1, 0.15) is 12.2 Å². The molecule has 0 amide bonds. The maximum Gasteiger partial charge on any atom is 0.309 e. The Morgan fingerprint density at radius 1 is 1.37 bits per heavy atom. The Labute approximate surface area is 113 Å². The first kappa shape index (κ1) is 12.9. The van der Waals surface area contributed by atoms with Gasteiger partial charge in [-0.1, -0.05) is 13.8 Å². The van der Waals surface area contributed by atoms with E-state index in [-0.39, 0.29) is 36.0 Å². The maximum absolute atomic E-state index is 12.0. The first-order valence-electron chi connectivity index (χ1n) is 7.49. The third-order valence-electron chi connectivity index (χ3n) is 5.11. The van der Waals surface area contributed by atoms with Crippen molar-refractivity contribution in [2.75, 3.05) is 0 Å². The van der Waals surface area contributed by atoms with Gasteiger partial charge in [-0.05, 0) is 38.0 Å². The van der Waals surface area contributed by atoms with Crippen molar-refractivity contribution < 1.29 is 19.1 Å². The van der Waals surface area contributed by atoms with Gasteiger partial charge in [-0.3, -0.25) is 9.59 Å². The highest BCUT2D eigenvalue weighted by molar-refractivity contribution is 5.74. The lowest BCUT2D eigenvalue weighted by Crippen LogP contribution is -2.45. The minimum atomic E-state index is -0.202. The summed E-state index contributed by atoms with van der Waals surface area (Å²) in [6.07, 6.45) is 4.15. The predicted octanol–water partition coefficient (Wildman–Crippen LogP) is 2.31. The van der Waals surface area contributed by atoms with Crippen LogP contribution in [0.5, 0.6) is 0 Å². The molecule has 106 valence electrons. The molecule has 0 aromatic carbocycles. The van der Waals surface area contributed by atoms with E-state index >= 15 is 0 Å². The molecule has 4 fully saturated rings. The molecule has 2 saturated heterocycles. The van der Waals surface area contributed by atoms with Crippen LogP contribution in [0.15, 0.2) is 0 Å². The summed E-state index contributed by atoms with van der Waals surface area (Å²) >= 11 is 0. The fraction of sp³-hybridized carbons (Fsp3) is 0.867. The normalized spacial score (nSPS) is 41.6. The molecular weight excluding hydrogens is 244 g/mol. The molecule has 4 aliphatic rings. The van der Waals surface area contributed by atoms with Crippen LogP contribution in [0.4, 0.5) is 0 Å². The van der Waals surface area contributed by atoms with E-state index in [2.05, 4.69) is 0 Å². The number of fused-ring (bicyclic) bond motifs is 1. The van der Waals surface area contributed by atoms with Crippen LogP contribution in [0, 0.1) is 23.7 Å². The molecule has 6 atom stereocenters. The van der Waals surface area contributed by atoms with Gasteiger partial charge in [0.15, 0.2) is 0 Å². The highest BCUT2D eigenvalue weighted by Crippen LogP contribution is 2.48. The van der Waals surface area contributed by atoms with Gasteiger partial charge >= 0.3 is 11.9 Å².